The van der Waals surface area contributed by atoms with Crippen molar-refractivity contribution in [2.75, 3.05) is 25.5 Å². The van der Waals surface area contributed by atoms with Crippen molar-refractivity contribution in [2.45, 2.75) is 45.8 Å². The molecule has 2 aromatic heterocycles. The maximum atomic E-state index is 13.2. The highest BCUT2D eigenvalue weighted by Gasteiger charge is 2.29. The van der Waals surface area contributed by atoms with E-state index < -0.39 is 0 Å². The predicted molar refractivity (Wildman–Crippen MR) is 132 cm³/mol. The lowest BCUT2D eigenvalue weighted by molar-refractivity contribution is 0.0590. The Morgan fingerprint density at radius 3 is 2.06 bits per heavy atom. The number of carbonyl (C=O) groups is 1. The molecule has 1 aliphatic heterocycles. The second-order valence-corrected chi connectivity index (χ2v) is 8.76. The highest BCUT2D eigenvalue weighted by Crippen LogP contribution is 2.25. The monoisotopic (exact) mass is 443 g/mol. The average Bonchev–Trinajstić information content (AvgIpc) is 2.86. The standard InChI is InChI=1S/C27H33N5O/c1-20-8-6-14-29-25(20)18-32(19-26-21(2)9-7-15-30-26)22-12-16-31(17-13-22)27(33)23-10-4-5-11-24(23)28-3/h4-11,14-15,22,28H,12-13,16-19H2,1-3H3. The van der Waals surface area contributed by atoms with Gasteiger partial charge in [0.05, 0.1) is 17.0 Å². The maximum absolute atomic E-state index is 13.2. The number of para-hydroxylation sites is 1. The number of aromatic nitrogens is 2. The second-order valence-electron chi connectivity index (χ2n) is 8.76. The van der Waals surface area contributed by atoms with E-state index in [2.05, 4.69) is 46.2 Å². The summed E-state index contributed by atoms with van der Waals surface area (Å²) in [6.07, 6.45) is 5.61. The van der Waals surface area contributed by atoms with Gasteiger partial charge in [0.1, 0.15) is 0 Å². The van der Waals surface area contributed by atoms with Crippen molar-refractivity contribution in [3.63, 3.8) is 0 Å². The van der Waals surface area contributed by atoms with Crippen LogP contribution in [0.2, 0.25) is 0 Å². The number of nitrogens with zero attached hydrogens (tertiary/aromatic N) is 4. The van der Waals surface area contributed by atoms with Crippen LogP contribution >= 0.6 is 0 Å². The summed E-state index contributed by atoms with van der Waals surface area (Å²) in [4.78, 5) is 27.0. The molecule has 0 spiro atoms. The molecule has 1 N–H and O–H groups in total. The van der Waals surface area contributed by atoms with Crippen LogP contribution in [0, 0.1) is 13.8 Å². The van der Waals surface area contributed by atoms with Gasteiger partial charge in [-0.2, -0.15) is 0 Å². The molecule has 172 valence electrons. The molecule has 0 radical (unpaired) electrons. The minimum absolute atomic E-state index is 0.103. The molecule has 3 aromatic rings. The van der Waals surface area contributed by atoms with Gasteiger partial charge in [-0.1, -0.05) is 24.3 Å². The quantitative estimate of drug-likeness (QED) is 0.585. The number of pyridine rings is 2. The lowest BCUT2D eigenvalue weighted by atomic mass is 10.00. The van der Waals surface area contributed by atoms with Gasteiger partial charge in [0.15, 0.2) is 0 Å². The number of benzene rings is 1. The number of nitrogens with one attached hydrogen (secondary N) is 1. The Bertz CT molecular complexity index is 1040. The first kappa shape index (κ1) is 22.9. The number of carbonyl (C=O) groups excluding carboxylic acids is 1. The van der Waals surface area contributed by atoms with Crippen LogP contribution in [0.1, 0.15) is 45.7 Å². The van der Waals surface area contributed by atoms with Gasteiger partial charge >= 0.3 is 0 Å². The van der Waals surface area contributed by atoms with Crippen molar-refractivity contribution in [1.82, 2.24) is 19.8 Å². The Hall–Kier alpha value is -3.25. The Kier molecular flexibility index (Phi) is 7.35. The van der Waals surface area contributed by atoms with Gasteiger partial charge in [-0.25, -0.2) is 0 Å². The minimum atomic E-state index is 0.103. The van der Waals surface area contributed by atoms with E-state index in [0.717, 1.165) is 61.7 Å². The van der Waals surface area contributed by atoms with E-state index in [1.807, 2.05) is 60.7 Å². The molecule has 1 aliphatic rings. The highest BCUT2D eigenvalue weighted by molar-refractivity contribution is 5.99. The maximum Gasteiger partial charge on any atom is 0.255 e. The topological polar surface area (TPSA) is 61.4 Å². The smallest absolute Gasteiger partial charge is 0.255 e. The lowest BCUT2D eigenvalue weighted by Gasteiger charge is -2.39. The van der Waals surface area contributed by atoms with Crippen LogP contribution in [0.15, 0.2) is 60.9 Å². The van der Waals surface area contributed by atoms with Crippen molar-refractivity contribution < 1.29 is 4.79 Å². The van der Waals surface area contributed by atoms with E-state index in [-0.39, 0.29) is 5.91 Å². The van der Waals surface area contributed by atoms with E-state index in [4.69, 9.17) is 0 Å². The minimum Gasteiger partial charge on any atom is -0.387 e. The number of piperidine rings is 1. The number of hydrogen-bond acceptors (Lipinski definition) is 5. The number of likely N-dealkylation sites (tertiary alicyclic amines) is 1. The number of anilines is 1. The summed E-state index contributed by atoms with van der Waals surface area (Å²) >= 11 is 0. The first-order valence-corrected chi connectivity index (χ1v) is 11.7. The SMILES string of the molecule is CNc1ccccc1C(=O)N1CCC(N(Cc2ncccc2C)Cc2ncccc2C)CC1. The summed E-state index contributed by atoms with van der Waals surface area (Å²) in [5.74, 6) is 0.103. The molecule has 0 saturated carbocycles. The first-order valence-electron chi connectivity index (χ1n) is 11.7. The number of rotatable bonds is 7. The van der Waals surface area contributed by atoms with Gasteiger partial charge < -0.3 is 10.2 Å². The summed E-state index contributed by atoms with van der Waals surface area (Å²) in [7, 11) is 1.86. The van der Waals surface area contributed by atoms with Gasteiger partial charge in [-0.15, -0.1) is 0 Å². The summed E-state index contributed by atoms with van der Waals surface area (Å²) in [5, 5.41) is 3.14. The fourth-order valence-electron chi connectivity index (χ4n) is 4.56. The zero-order valence-corrected chi connectivity index (χ0v) is 19.8. The third-order valence-electron chi connectivity index (χ3n) is 6.64. The van der Waals surface area contributed by atoms with Gasteiger partial charge in [0.25, 0.3) is 5.91 Å². The fourth-order valence-corrected chi connectivity index (χ4v) is 4.56. The molecule has 33 heavy (non-hydrogen) atoms. The lowest BCUT2D eigenvalue weighted by Crippen LogP contribution is -2.46. The number of amides is 1. The van der Waals surface area contributed by atoms with Crippen LogP contribution in [0.3, 0.4) is 0 Å². The largest absolute Gasteiger partial charge is 0.387 e. The van der Waals surface area contributed by atoms with E-state index in [1.54, 1.807) is 0 Å². The van der Waals surface area contributed by atoms with E-state index in [1.165, 1.54) is 11.1 Å². The average molecular weight is 444 g/mol. The second kappa shape index (κ2) is 10.6. The van der Waals surface area contributed by atoms with Crippen molar-refractivity contribution >= 4 is 11.6 Å². The first-order chi connectivity index (χ1) is 16.1. The number of hydrogen-bond donors (Lipinski definition) is 1. The fraction of sp³-hybridized carbons (Fsp3) is 0.370. The van der Waals surface area contributed by atoms with Crippen LogP contribution in [-0.2, 0) is 13.1 Å². The molecule has 1 saturated heterocycles. The van der Waals surface area contributed by atoms with Gasteiger partial charge in [0, 0.05) is 57.3 Å². The van der Waals surface area contributed by atoms with E-state index >= 15 is 0 Å². The number of aryl methyl sites for hydroxylation is 2. The van der Waals surface area contributed by atoms with Crippen molar-refractivity contribution in [1.29, 1.82) is 0 Å². The third kappa shape index (κ3) is 5.40. The van der Waals surface area contributed by atoms with E-state index in [9.17, 15) is 4.79 Å². The summed E-state index contributed by atoms with van der Waals surface area (Å²) in [6, 6.07) is 16.3. The summed E-state index contributed by atoms with van der Waals surface area (Å²) in [5.41, 5.74) is 6.24. The normalized spacial score (nSPS) is 14.5. The van der Waals surface area contributed by atoms with Crippen molar-refractivity contribution in [3.05, 3.63) is 89.0 Å². The van der Waals surface area contributed by atoms with Crippen LogP contribution in [0.5, 0.6) is 0 Å². The van der Waals surface area contributed by atoms with Gasteiger partial charge in [-0.05, 0) is 62.1 Å². The van der Waals surface area contributed by atoms with Crippen LogP contribution in [-0.4, -0.2) is 51.9 Å². The third-order valence-corrected chi connectivity index (χ3v) is 6.64. The summed E-state index contributed by atoms with van der Waals surface area (Å²) < 4.78 is 0. The molecular formula is C27H33N5O. The molecule has 3 heterocycles. The van der Waals surface area contributed by atoms with Gasteiger partial charge in [-0.3, -0.25) is 19.7 Å². The molecule has 1 fully saturated rings. The zero-order chi connectivity index (χ0) is 23.2. The summed E-state index contributed by atoms with van der Waals surface area (Å²) in [6.45, 7) is 7.30. The Morgan fingerprint density at radius 1 is 0.939 bits per heavy atom. The molecule has 6 heteroatoms. The molecule has 6 nitrogen and oxygen atoms in total. The molecule has 1 aromatic carbocycles. The Labute approximate surface area is 196 Å². The molecule has 1 amide bonds. The van der Waals surface area contributed by atoms with E-state index in [0.29, 0.717) is 6.04 Å². The van der Waals surface area contributed by atoms with Crippen molar-refractivity contribution in [2.24, 2.45) is 0 Å². The molecule has 0 bridgehead atoms. The molecule has 0 aliphatic carbocycles. The van der Waals surface area contributed by atoms with Crippen molar-refractivity contribution in [3.8, 4) is 0 Å². The van der Waals surface area contributed by atoms with Crippen LogP contribution < -0.4 is 5.32 Å². The van der Waals surface area contributed by atoms with Gasteiger partial charge in [0.2, 0.25) is 0 Å². The molecule has 0 unspecified atom stereocenters. The Balaban J connectivity index is 1.49. The Morgan fingerprint density at radius 2 is 1.52 bits per heavy atom. The molecular weight excluding hydrogens is 410 g/mol. The molecule has 4 rings (SSSR count). The zero-order valence-electron chi connectivity index (χ0n) is 19.8. The van der Waals surface area contributed by atoms with Crippen LogP contribution in [0.25, 0.3) is 0 Å². The molecule has 0 atom stereocenters. The predicted octanol–water partition coefficient (Wildman–Crippen LogP) is 4.44. The highest BCUT2D eigenvalue weighted by atomic mass is 16.2. The van der Waals surface area contributed by atoms with Crippen LogP contribution in [0.4, 0.5) is 5.69 Å².